The van der Waals surface area contributed by atoms with Crippen LogP contribution in [0.5, 0.6) is 0 Å². The summed E-state index contributed by atoms with van der Waals surface area (Å²) in [4.78, 5) is 7.23. The Bertz CT molecular complexity index is 493. The summed E-state index contributed by atoms with van der Waals surface area (Å²) in [6, 6.07) is 11.1. The van der Waals surface area contributed by atoms with E-state index in [9.17, 15) is 5.11 Å². The zero-order valence-electron chi connectivity index (χ0n) is 15.5. The molecule has 2 fully saturated rings. The second-order valence-electron chi connectivity index (χ2n) is 7.54. The van der Waals surface area contributed by atoms with Crippen molar-refractivity contribution < 1.29 is 9.84 Å². The van der Waals surface area contributed by atoms with Crippen LogP contribution in [-0.4, -0.2) is 91.5 Å². The van der Waals surface area contributed by atoms with Crippen LogP contribution in [0, 0.1) is 0 Å². The minimum absolute atomic E-state index is 0.293. The molecule has 2 aliphatic heterocycles. The average molecular weight is 348 g/mol. The summed E-state index contributed by atoms with van der Waals surface area (Å²) >= 11 is 0. The van der Waals surface area contributed by atoms with Gasteiger partial charge in [0, 0.05) is 45.3 Å². The fourth-order valence-corrected chi connectivity index (χ4v) is 4.07. The average Bonchev–Trinajstić information content (AvgIpc) is 3.03. The molecule has 5 heteroatoms. The van der Waals surface area contributed by atoms with Crippen molar-refractivity contribution in [2.75, 3.05) is 59.5 Å². The number of aliphatic hydroxyl groups is 1. The first-order chi connectivity index (χ1) is 12.2. The zero-order valence-corrected chi connectivity index (χ0v) is 15.5. The molecule has 2 heterocycles. The zero-order chi connectivity index (χ0) is 17.5. The highest BCUT2D eigenvalue weighted by atomic mass is 16.5. The van der Waals surface area contributed by atoms with Gasteiger partial charge in [0.25, 0.3) is 0 Å². The second kappa shape index (κ2) is 9.64. The summed E-state index contributed by atoms with van der Waals surface area (Å²) in [5.41, 5.74) is 1.29. The lowest BCUT2D eigenvalue weighted by atomic mass is 10.2. The van der Waals surface area contributed by atoms with Crippen LogP contribution in [-0.2, 0) is 11.3 Å². The number of likely N-dealkylation sites (N-methyl/N-ethyl adjacent to an activating group) is 1. The van der Waals surface area contributed by atoms with Crippen molar-refractivity contribution in [1.82, 2.24) is 14.7 Å². The number of rotatable bonds is 8. The van der Waals surface area contributed by atoms with Gasteiger partial charge in [-0.25, -0.2) is 0 Å². The Kier molecular flexibility index (Phi) is 7.25. The summed E-state index contributed by atoms with van der Waals surface area (Å²) in [5, 5.41) is 10.6. The van der Waals surface area contributed by atoms with Gasteiger partial charge in [-0.1, -0.05) is 30.3 Å². The second-order valence-corrected chi connectivity index (χ2v) is 7.54. The van der Waals surface area contributed by atoms with E-state index in [-0.39, 0.29) is 6.10 Å². The number of likely N-dealkylation sites (tertiary alicyclic amines) is 1. The van der Waals surface area contributed by atoms with Gasteiger partial charge in [-0.15, -0.1) is 0 Å². The van der Waals surface area contributed by atoms with E-state index in [1.54, 1.807) is 0 Å². The largest absolute Gasteiger partial charge is 0.390 e. The molecule has 5 nitrogen and oxygen atoms in total. The maximum atomic E-state index is 10.6. The number of β-amino-alcohol motifs (C(OH)–C–C–N with tert-alkyl or cyclic N) is 1. The number of benzene rings is 1. The Morgan fingerprint density at radius 1 is 1.20 bits per heavy atom. The smallest absolute Gasteiger partial charge is 0.0793 e. The SMILES string of the molecule is CN(Cc1ccccc1)CC(O)CN1CCCC1CN1CCOCC1. The quantitative estimate of drug-likeness (QED) is 0.767. The molecule has 0 spiro atoms. The van der Waals surface area contributed by atoms with Gasteiger partial charge in [0.15, 0.2) is 0 Å². The van der Waals surface area contributed by atoms with Crippen LogP contribution in [0.2, 0.25) is 0 Å². The van der Waals surface area contributed by atoms with Crippen molar-refractivity contribution in [3.8, 4) is 0 Å². The van der Waals surface area contributed by atoms with Gasteiger partial charge in [0.2, 0.25) is 0 Å². The molecule has 3 rings (SSSR count). The Morgan fingerprint density at radius 2 is 1.96 bits per heavy atom. The monoisotopic (exact) mass is 347 g/mol. The number of hydrogen-bond donors (Lipinski definition) is 1. The third-order valence-corrected chi connectivity index (χ3v) is 5.33. The maximum absolute atomic E-state index is 10.6. The van der Waals surface area contributed by atoms with E-state index in [1.165, 1.54) is 18.4 Å². The summed E-state index contributed by atoms with van der Waals surface area (Å²) < 4.78 is 5.45. The van der Waals surface area contributed by atoms with Gasteiger partial charge in [-0.3, -0.25) is 14.7 Å². The van der Waals surface area contributed by atoms with Crippen molar-refractivity contribution >= 4 is 0 Å². The van der Waals surface area contributed by atoms with Crippen LogP contribution < -0.4 is 0 Å². The van der Waals surface area contributed by atoms with E-state index in [1.807, 2.05) is 6.07 Å². The Balaban J connectivity index is 1.42. The van der Waals surface area contributed by atoms with Crippen LogP contribution in [0.4, 0.5) is 0 Å². The lowest BCUT2D eigenvalue weighted by molar-refractivity contribution is 0.0197. The molecule has 0 amide bonds. The van der Waals surface area contributed by atoms with Gasteiger partial charge in [-0.05, 0) is 32.0 Å². The number of ether oxygens (including phenoxy) is 1. The molecule has 2 aliphatic rings. The molecular formula is C20H33N3O2. The van der Waals surface area contributed by atoms with Crippen molar-refractivity contribution in [3.63, 3.8) is 0 Å². The van der Waals surface area contributed by atoms with E-state index in [0.717, 1.165) is 59.0 Å². The van der Waals surface area contributed by atoms with Gasteiger partial charge >= 0.3 is 0 Å². The Labute approximate surface area is 152 Å². The topological polar surface area (TPSA) is 39.2 Å². The third-order valence-electron chi connectivity index (χ3n) is 5.33. The fraction of sp³-hybridized carbons (Fsp3) is 0.700. The Hall–Kier alpha value is -0.980. The minimum Gasteiger partial charge on any atom is -0.390 e. The van der Waals surface area contributed by atoms with E-state index in [2.05, 4.69) is 46.0 Å². The highest BCUT2D eigenvalue weighted by molar-refractivity contribution is 5.14. The first kappa shape index (κ1) is 18.8. The van der Waals surface area contributed by atoms with Gasteiger partial charge in [0.05, 0.1) is 19.3 Å². The number of aliphatic hydroxyl groups excluding tert-OH is 1. The molecule has 1 aromatic rings. The number of morpholine rings is 1. The predicted molar refractivity (Wildman–Crippen MR) is 101 cm³/mol. The van der Waals surface area contributed by atoms with E-state index in [4.69, 9.17) is 4.74 Å². The molecule has 2 unspecified atom stereocenters. The van der Waals surface area contributed by atoms with Crippen LogP contribution in [0.3, 0.4) is 0 Å². The molecule has 25 heavy (non-hydrogen) atoms. The van der Waals surface area contributed by atoms with E-state index < -0.39 is 0 Å². The van der Waals surface area contributed by atoms with Crippen LogP contribution >= 0.6 is 0 Å². The van der Waals surface area contributed by atoms with Crippen molar-refractivity contribution in [2.45, 2.75) is 31.5 Å². The van der Waals surface area contributed by atoms with Crippen molar-refractivity contribution in [1.29, 1.82) is 0 Å². The summed E-state index contributed by atoms with van der Waals surface area (Å²) in [7, 11) is 2.09. The molecule has 1 aromatic carbocycles. The first-order valence-electron chi connectivity index (χ1n) is 9.65. The lowest BCUT2D eigenvalue weighted by Crippen LogP contribution is -2.47. The summed E-state index contributed by atoms with van der Waals surface area (Å²) in [6.45, 7) is 8.45. The standard InChI is InChI=1S/C20H33N3O2/c1-21(14-18-6-3-2-4-7-18)16-20(24)17-23-9-5-8-19(23)15-22-10-12-25-13-11-22/h2-4,6-7,19-20,24H,5,8-17H2,1H3. The summed E-state index contributed by atoms with van der Waals surface area (Å²) in [6.07, 6.45) is 2.21. The van der Waals surface area contributed by atoms with Crippen molar-refractivity contribution in [3.05, 3.63) is 35.9 Å². The number of hydrogen-bond acceptors (Lipinski definition) is 5. The fourth-order valence-electron chi connectivity index (χ4n) is 4.07. The summed E-state index contributed by atoms with van der Waals surface area (Å²) in [5.74, 6) is 0. The number of nitrogens with zero attached hydrogens (tertiary/aromatic N) is 3. The van der Waals surface area contributed by atoms with E-state index in [0.29, 0.717) is 6.04 Å². The van der Waals surface area contributed by atoms with Gasteiger partial charge < -0.3 is 9.84 Å². The normalized spacial score (nSPS) is 24.0. The van der Waals surface area contributed by atoms with Crippen molar-refractivity contribution in [2.24, 2.45) is 0 Å². The van der Waals surface area contributed by atoms with Gasteiger partial charge in [0.1, 0.15) is 0 Å². The van der Waals surface area contributed by atoms with Gasteiger partial charge in [-0.2, -0.15) is 0 Å². The molecule has 2 atom stereocenters. The first-order valence-corrected chi connectivity index (χ1v) is 9.65. The third kappa shape index (κ3) is 6.04. The Morgan fingerprint density at radius 3 is 2.72 bits per heavy atom. The molecule has 1 N–H and O–H groups in total. The maximum Gasteiger partial charge on any atom is 0.0793 e. The molecule has 0 aromatic heterocycles. The van der Waals surface area contributed by atoms with Crippen LogP contribution in [0.1, 0.15) is 18.4 Å². The minimum atomic E-state index is -0.293. The molecule has 0 aliphatic carbocycles. The molecule has 0 bridgehead atoms. The highest BCUT2D eigenvalue weighted by Gasteiger charge is 2.28. The molecule has 0 saturated carbocycles. The highest BCUT2D eigenvalue weighted by Crippen LogP contribution is 2.19. The molecule has 2 saturated heterocycles. The lowest BCUT2D eigenvalue weighted by Gasteiger charge is -2.34. The molecule has 140 valence electrons. The molecule has 0 radical (unpaired) electrons. The molecular weight excluding hydrogens is 314 g/mol. The van der Waals surface area contributed by atoms with Crippen LogP contribution in [0.15, 0.2) is 30.3 Å². The van der Waals surface area contributed by atoms with E-state index >= 15 is 0 Å². The van der Waals surface area contributed by atoms with Crippen LogP contribution in [0.25, 0.3) is 0 Å². The predicted octanol–water partition coefficient (Wildman–Crippen LogP) is 1.28.